The lowest BCUT2D eigenvalue weighted by Gasteiger charge is -2.23. The molecule has 1 amide bonds. The molecule has 2 fully saturated rings. The Morgan fingerprint density at radius 3 is 2.83 bits per heavy atom. The zero-order chi connectivity index (χ0) is 20.5. The first kappa shape index (κ1) is 19.0. The second kappa shape index (κ2) is 8.02. The fraction of sp³-hybridized carbons (Fsp3) is 0.409. The van der Waals surface area contributed by atoms with Gasteiger partial charge in [0.2, 0.25) is 0 Å². The van der Waals surface area contributed by atoms with Gasteiger partial charge in [0.1, 0.15) is 29.1 Å². The van der Waals surface area contributed by atoms with Crippen LogP contribution in [0.2, 0.25) is 0 Å². The molecule has 1 aromatic carbocycles. The maximum Gasteiger partial charge on any atom is 0.255 e. The maximum atomic E-state index is 13.9. The minimum absolute atomic E-state index is 0.151. The second-order valence-electron chi connectivity index (χ2n) is 8.04. The highest BCUT2D eigenvalue weighted by atomic mass is 19.1. The Kier molecular flexibility index (Phi) is 5.08. The van der Waals surface area contributed by atoms with Crippen LogP contribution in [-0.4, -0.2) is 46.6 Å². The molecule has 0 radical (unpaired) electrons. The molecule has 7 nitrogen and oxygen atoms in total. The van der Waals surface area contributed by atoms with E-state index in [1.807, 2.05) is 0 Å². The van der Waals surface area contributed by atoms with Crippen molar-refractivity contribution in [3.05, 3.63) is 42.1 Å². The number of rotatable bonds is 6. The minimum Gasteiger partial charge on any atom is -0.492 e. The van der Waals surface area contributed by atoms with E-state index in [9.17, 15) is 9.18 Å². The van der Waals surface area contributed by atoms with Crippen LogP contribution in [0.15, 0.2) is 30.7 Å². The molecule has 0 atom stereocenters. The van der Waals surface area contributed by atoms with E-state index >= 15 is 0 Å². The summed E-state index contributed by atoms with van der Waals surface area (Å²) in [6.07, 6.45) is 7.20. The van der Waals surface area contributed by atoms with Gasteiger partial charge in [-0.1, -0.05) is 0 Å². The highest BCUT2D eigenvalue weighted by molar-refractivity contribution is 6.07. The van der Waals surface area contributed by atoms with Crippen LogP contribution in [0, 0.1) is 11.7 Å². The molecule has 3 N–H and O–H groups in total. The number of ether oxygens (including phenoxy) is 1. The van der Waals surface area contributed by atoms with Crippen molar-refractivity contribution in [3.8, 4) is 17.0 Å². The molecule has 3 aromatic rings. The van der Waals surface area contributed by atoms with Gasteiger partial charge >= 0.3 is 0 Å². The number of aromatic nitrogens is 3. The third-order valence-electron chi connectivity index (χ3n) is 5.75. The van der Waals surface area contributed by atoms with E-state index < -0.39 is 0 Å². The lowest BCUT2D eigenvalue weighted by Crippen LogP contribution is -2.42. The van der Waals surface area contributed by atoms with Crippen LogP contribution in [0.5, 0.6) is 5.75 Å². The van der Waals surface area contributed by atoms with Crippen molar-refractivity contribution in [2.75, 3.05) is 19.7 Å². The molecular formula is C22H24FN5O2. The molecule has 3 heterocycles. The molecule has 5 rings (SSSR count). The number of hydrogen-bond acceptors (Lipinski definition) is 5. The van der Waals surface area contributed by atoms with Gasteiger partial charge in [0, 0.05) is 23.9 Å². The number of halogens is 1. The summed E-state index contributed by atoms with van der Waals surface area (Å²) in [5.74, 6) is 0.491. The normalized spacial score (nSPS) is 17.2. The van der Waals surface area contributed by atoms with Crippen molar-refractivity contribution in [3.63, 3.8) is 0 Å². The van der Waals surface area contributed by atoms with Crippen LogP contribution < -0.4 is 15.4 Å². The summed E-state index contributed by atoms with van der Waals surface area (Å²) in [6.45, 7) is 2.37. The molecule has 8 heteroatoms. The molecule has 30 heavy (non-hydrogen) atoms. The van der Waals surface area contributed by atoms with Gasteiger partial charge in [-0.2, -0.15) is 0 Å². The van der Waals surface area contributed by atoms with Crippen LogP contribution in [0.4, 0.5) is 4.39 Å². The quantitative estimate of drug-likeness (QED) is 0.582. The van der Waals surface area contributed by atoms with Gasteiger partial charge in [-0.3, -0.25) is 4.79 Å². The zero-order valence-corrected chi connectivity index (χ0v) is 16.6. The minimum atomic E-state index is -0.358. The SMILES string of the molecule is O=C(NC1CCNCC1)c1c[nH]c2c(-c3ccc(F)cc3OCC3CC3)ncnc12. The number of piperidine rings is 1. The Morgan fingerprint density at radius 2 is 2.03 bits per heavy atom. The number of H-pyrrole nitrogens is 1. The maximum absolute atomic E-state index is 13.9. The summed E-state index contributed by atoms with van der Waals surface area (Å²) in [5.41, 5.74) is 2.93. The number of fused-ring (bicyclic) bond motifs is 1. The van der Waals surface area contributed by atoms with Crippen LogP contribution in [0.3, 0.4) is 0 Å². The molecule has 2 aromatic heterocycles. The lowest BCUT2D eigenvalue weighted by atomic mass is 10.1. The van der Waals surface area contributed by atoms with Crippen LogP contribution in [-0.2, 0) is 0 Å². The highest BCUT2D eigenvalue weighted by Crippen LogP contribution is 2.36. The molecule has 0 spiro atoms. The summed E-state index contributed by atoms with van der Waals surface area (Å²) in [4.78, 5) is 24.7. The summed E-state index contributed by atoms with van der Waals surface area (Å²) in [5, 5.41) is 6.39. The molecule has 0 unspecified atom stereocenters. The van der Waals surface area contributed by atoms with E-state index in [1.54, 1.807) is 12.3 Å². The van der Waals surface area contributed by atoms with Crippen molar-refractivity contribution >= 4 is 16.9 Å². The summed E-state index contributed by atoms with van der Waals surface area (Å²) >= 11 is 0. The number of nitrogens with one attached hydrogen (secondary N) is 3. The monoisotopic (exact) mass is 409 g/mol. The van der Waals surface area contributed by atoms with E-state index in [-0.39, 0.29) is 17.8 Å². The number of benzene rings is 1. The average molecular weight is 409 g/mol. The number of carbonyl (C=O) groups is 1. The van der Waals surface area contributed by atoms with E-state index in [0.717, 1.165) is 38.8 Å². The number of hydrogen-bond donors (Lipinski definition) is 3. The van der Waals surface area contributed by atoms with E-state index in [4.69, 9.17) is 4.74 Å². The van der Waals surface area contributed by atoms with E-state index in [0.29, 0.717) is 46.1 Å². The summed E-state index contributed by atoms with van der Waals surface area (Å²) < 4.78 is 19.8. The number of amides is 1. The van der Waals surface area contributed by atoms with Gasteiger partial charge < -0.3 is 20.4 Å². The summed E-state index contributed by atoms with van der Waals surface area (Å²) in [6, 6.07) is 4.60. The fourth-order valence-electron chi connectivity index (χ4n) is 3.85. The van der Waals surface area contributed by atoms with Crippen molar-refractivity contribution < 1.29 is 13.9 Å². The number of aromatic amines is 1. The predicted octanol–water partition coefficient (Wildman–Crippen LogP) is 3.03. The van der Waals surface area contributed by atoms with Gasteiger partial charge in [0.05, 0.1) is 17.7 Å². The first-order valence-electron chi connectivity index (χ1n) is 10.5. The molecular weight excluding hydrogens is 385 g/mol. The van der Waals surface area contributed by atoms with Crippen molar-refractivity contribution in [2.45, 2.75) is 31.7 Å². The zero-order valence-electron chi connectivity index (χ0n) is 16.6. The van der Waals surface area contributed by atoms with Gasteiger partial charge in [-0.25, -0.2) is 14.4 Å². The first-order chi connectivity index (χ1) is 14.7. The average Bonchev–Trinajstić information content (AvgIpc) is 3.49. The van der Waals surface area contributed by atoms with Crippen LogP contribution in [0.25, 0.3) is 22.3 Å². The van der Waals surface area contributed by atoms with Crippen LogP contribution in [0.1, 0.15) is 36.0 Å². The molecule has 1 aliphatic heterocycles. The number of nitrogens with zero attached hydrogens (tertiary/aromatic N) is 2. The van der Waals surface area contributed by atoms with Crippen molar-refractivity contribution in [1.29, 1.82) is 0 Å². The standard InChI is InChI=1S/C22H24FN5O2/c23-14-3-4-16(18(9-14)30-11-13-1-2-13)19-21-20(27-12-26-19)17(10-25-21)22(29)28-15-5-7-24-8-6-15/h3-4,9-10,12-13,15,24-25H,1-2,5-8,11H2,(H,28,29). The lowest BCUT2D eigenvalue weighted by molar-refractivity contribution is 0.0931. The number of carbonyl (C=O) groups excluding carboxylic acids is 1. The largest absolute Gasteiger partial charge is 0.492 e. The molecule has 156 valence electrons. The van der Waals surface area contributed by atoms with Gasteiger partial charge in [0.25, 0.3) is 5.91 Å². The Bertz CT molecular complexity index is 1070. The van der Waals surface area contributed by atoms with Crippen molar-refractivity contribution in [1.82, 2.24) is 25.6 Å². The Labute approximate surface area is 173 Å². The van der Waals surface area contributed by atoms with Crippen molar-refractivity contribution in [2.24, 2.45) is 5.92 Å². The Hall–Kier alpha value is -3.00. The third kappa shape index (κ3) is 3.87. The smallest absolute Gasteiger partial charge is 0.255 e. The second-order valence-corrected chi connectivity index (χ2v) is 8.04. The molecule has 1 saturated heterocycles. The molecule has 1 saturated carbocycles. The Balaban J connectivity index is 1.47. The molecule has 1 aliphatic carbocycles. The van der Waals surface area contributed by atoms with Crippen LogP contribution >= 0.6 is 0 Å². The van der Waals surface area contributed by atoms with E-state index in [2.05, 4.69) is 25.6 Å². The fourth-order valence-corrected chi connectivity index (χ4v) is 3.85. The predicted molar refractivity (Wildman–Crippen MR) is 111 cm³/mol. The molecule has 2 aliphatic rings. The topological polar surface area (TPSA) is 91.9 Å². The third-order valence-corrected chi connectivity index (χ3v) is 5.75. The molecule has 0 bridgehead atoms. The Morgan fingerprint density at radius 1 is 1.20 bits per heavy atom. The van der Waals surface area contributed by atoms with E-state index in [1.165, 1.54) is 18.5 Å². The highest BCUT2D eigenvalue weighted by Gasteiger charge is 2.24. The first-order valence-corrected chi connectivity index (χ1v) is 10.5. The van der Waals surface area contributed by atoms with Gasteiger partial charge in [0.15, 0.2) is 0 Å². The summed E-state index contributed by atoms with van der Waals surface area (Å²) in [7, 11) is 0. The van der Waals surface area contributed by atoms with Gasteiger partial charge in [-0.15, -0.1) is 0 Å². The van der Waals surface area contributed by atoms with Gasteiger partial charge in [-0.05, 0) is 56.8 Å².